The van der Waals surface area contributed by atoms with Crippen molar-refractivity contribution in [3.63, 3.8) is 0 Å². The number of sulfonamides is 1. The molecular formula is C27H32N2O4S. The van der Waals surface area contributed by atoms with Crippen LogP contribution >= 0.6 is 0 Å². The summed E-state index contributed by atoms with van der Waals surface area (Å²) in [6.45, 7) is 6.03. The molecule has 0 radical (unpaired) electrons. The van der Waals surface area contributed by atoms with Crippen molar-refractivity contribution in [2.75, 3.05) is 17.4 Å². The van der Waals surface area contributed by atoms with Crippen LogP contribution in [0.5, 0.6) is 5.75 Å². The molecule has 34 heavy (non-hydrogen) atoms. The lowest BCUT2D eigenvalue weighted by Crippen LogP contribution is -2.41. The van der Waals surface area contributed by atoms with E-state index in [0.29, 0.717) is 12.2 Å². The second-order valence-electron chi connectivity index (χ2n) is 8.43. The molecule has 0 aliphatic carbocycles. The lowest BCUT2D eigenvalue weighted by Gasteiger charge is -2.24. The molecule has 3 aromatic carbocycles. The largest absolute Gasteiger partial charge is 0.491 e. The highest BCUT2D eigenvalue weighted by Crippen LogP contribution is 2.24. The molecular weight excluding hydrogens is 448 g/mol. The number of amides is 1. The maximum Gasteiger partial charge on any atom is 0.264 e. The third-order valence-corrected chi connectivity index (χ3v) is 6.96. The summed E-state index contributed by atoms with van der Waals surface area (Å²) in [5, 5.41) is 2.86. The van der Waals surface area contributed by atoms with Crippen molar-refractivity contribution in [2.24, 2.45) is 0 Å². The Hall–Kier alpha value is -3.32. The number of aryl methyl sites for hydroxylation is 2. The summed E-state index contributed by atoms with van der Waals surface area (Å²) in [4.78, 5) is 12.9. The third-order valence-electron chi connectivity index (χ3n) is 5.17. The van der Waals surface area contributed by atoms with E-state index in [0.717, 1.165) is 34.0 Å². The molecule has 0 fully saturated rings. The van der Waals surface area contributed by atoms with Crippen LogP contribution < -0.4 is 14.4 Å². The molecule has 0 atom stereocenters. The summed E-state index contributed by atoms with van der Waals surface area (Å²) in [5.74, 6) is 0.490. The zero-order valence-corrected chi connectivity index (χ0v) is 20.7. The van der Waals surface area contributed by atoms with E-state index >= 15 is 0 Å². The first-order valence-corrected chi connectivity index (χ1v) is 12.9. The van der Waals surface area contributed by atoms with Crippen LogP contribution in [-0.2, 0) is 21.2 Å². The molecule has 0 heterocycles. The maximum absolute atomic E-state index is 13.3. The Kier molecular flexibility index (Phi) is 8.71. The van der Waals surface area contributed by atoms with Crippen LogP contribution in [-0.4, -0.2) is 33.5 Å². The van der Waals surface area contributed by atoms with Crippen molar-refractivity contribution >= 4 is 21.6 Å². The van der Waals surface area contributed by atoms with Gasteiger partial charge in [-0.3, -0.25) is 9.10 Å². The first kappa shape index (κ1) is 25.3. The summed E-state index contributed by atoms with van der Waals surface area (Å²) in [5.41, 5.74) is 2.53. The van der Waals surface area contributed by atoms with Crippen molar-refractivity contribution < 1.29 is 17.9 Å². The van der Waals surface area contributed by atoms with Crippen molar-refractivity contribution in [3.05, 3.63) is 90.0 Å². The Morgan fingerprint density at radius 2 is 1.68 bits per heavy atom. The molecule has 6 nitrogen and oxygen atoms in total. The number of carbonyl (C=O) groups excluding carboxylic acids is 1. The number of rotatable bonds is 11. The first-order chi connectivity index (χ1) is 16.3. The number of hydrogen-bond donors (Lipinski definition) is 1. The van der Waals surface area contributed by atoms with Crippen LogP contribution in [0.25, 0.3) is 0 Å². The predicted molar refractivity (Wildman–Crippen MR) is 136 cm³/mol. The van der Waals surface area contributed by atoms with Crippen LogP contribution in [0.4, 0.5) is 5.69 Å². The molecule has 0 aliphatic heterocycles. The second-order valence-corrected chi connectivity index (χ2v) is 10.3. The fraction of sp³-hybridized carbons (Fsp3) is 0.296. The number of ether oxygens (including phenoxy) is 1. The van der Waals surface area contributed by atoms with Crippen molar-refractivity contribution in [3.8, 4) is 5.75 Å². The lowest BCUT2D eigenvalue weighted by molar-refractivity contribution is -0.119. The van der Waals surface area contributed by atoms with Gasteiger partial charge in [0.2, 0.25) is 5.91 Å². The summed E-state index contributed by atoms with van der Waals surface area (Å²) < 4.78 is 33.5. The van der Waals surface area contributed by atoms with Gasteiger partial charge < -0.3 is 10.1 Å². The number of carbonyl (C=O) groups is 1. The molecule has 180 valence electrons. The van der Waals surface area contributed by atoms with Crippen molar-refractivity contribution in [1.29, 1.82) is 0 Å². The van der Waals surface area contributed by atoms with Gasteiger partial charge in [-0.2, -0.15) is 0 Å². The first-order valence-electron chi connectivity index (χ1n) is 11.4. The minimum atomic E-state index is -3.89. The quantitative estimate of drug-likeness (QED) is 0.403. The highest BCUT2D eigenvalue weighted by Gasteiger charge is 2.27. The zero-order valence-electron chi connectivity index (χ0n) is 19.9. The number of benzene rings is 3. The maximum atomic E-state index is 13.3. The third kappa shape index (κ3) is 7.09. The van der Waals surface area contributed by atoms with Gasteiger partial charge in [-0.05, 0) is 81.1 Å². The summed E-state index contributed by atoms with van der Waals surface area (Å²) in [6.07, 6.45) is 1.67. The highest BCUT2D eigenvalue weighted by molar-refractivity contribution is 7.92. The van der Waals surface area contributed by atoms with E-state index in [1.54, 1.807) is 36.4 Å². The Morgan fingerprint density at radius 1 is 0.971 bits per heavy atom. The van der Waals surface area contributed by atoms with Crippen LogP contribution in [0.1, 0.15) is 31.4 Å². The monoisotopic (exact) mass is 480 g/mol. The number of hydrogen-bond acceptors (Lipinski definition) is 4. The Morgan fingerprint density at radius 3 is 2.32 bits per heavy atom. The fourth-order valence-electron chi connectivity index (χ4n) is 3.53. The average Bonchev–Trinajstić information content (AvgIpc) is 2.81. The SMILES string of the molecule is Cc1cccc(N(CC(=O)NCCCc2ccc(OC(C)C)cc2)S(=O)(=O)c2ccccc2)c1. The molecule has 3 aromatic rings. The van der Waals surface area contributed by atoms with Gasteiger partial charge in [-0.1, -0.05) is 42.5 Å². The normalized spacial score (nSPS) is 11.3. The van der Waals surface area contributed by atoms with Crippen LogP contribution in [0.2, 0.25) is 0 Å². The Bertz CT molecular complexity index is 1180. The van der Waals surface area contributed by atoms with Gasteiger partial charge in [0.1, 0.15) is 12.3 Å². The topological polar surface area (TPSA) is 75.7 Å². The standard InChI is InChI=1S/C27H32N2O4S/c1-21(2)33-25-16-14-23(15-17-25)10-8-18-28-27(30)20-29(24-11-7-9-22(3)19-24)34(31,32)26-12-5-4-6-13-26/h4-7,9,11-17,19,21H,8,10,18,20H2,1-3H3,(H,28,30). The van der Waals surface area contributed by atoms with E-state index in [1.165, 1.54) is 12.1 Å². The van der Waals surface area contributed by atoms with Gasteiger partial charge in [0.25, 0.3) is 10.0 Å². The summed E-state index contributed by atoms with van der Waals surface area (Å²) in [7, 11) is -3.89. The predicted octanol–water partition coefficient (Wildman–Crippen LogP) is 4.73. The van der Waals surface area contributed by atoms with E-state index in [-0.39, 0.29) is 23.5 Å². The molecule has 0 saturated carbocycles. The molecule has 0 spiro atoms. The molecule has 0 bridgehead atoms. The summed E-state index contributed by atoms with van der Waals surface area (Å²) in [6, 6.07) is 23.2. The number of nitrogens with one attached hydrogen (secondary N) is 1. The minimum Gasteiger partial charge on any atom is -0.491 e. The number of anilines is 1. The lowest BCUT2D eigenvalue weighted by atomic mass is 10.1. The number of nitrogens with zero attached hydrogens (tertiary/aromatic N) is 1. The highest BCUT2D eigenvalue weighted by atomic mass is 32.2. The average molecular weight is 481 g/mol. The van der Waals surface area contributed by atoms with Gasteiger partial charge in [0.15, 0.2) is 0 Å². The van der Waals surface area contributed by atoms with Gasteiger partial charge >= 0.3 is 0 Å². The van der Waals surface area contributed by atoms with Crippen molar-refractivity contribution in [1.82, 2.24) is 5.32 Å². The minimum absolute atomic E-state index is 0.131. The molecule has 1 amide bonds. The van der Waals surface area contributed by atoms with Gasteiger partial charge in [0, 0.05) is 6.54 Å². The van der Waals surface area contributed by atoms with E-state index in [2.05, 4.69) is 5.32 Å². The van der Waals surface area contributed by atoms with Gasteiger partial charge in [0.05, 0.1) is 16.7 Å². The molecule has 0 unspecified atom stereocenters. The molecule has 3 rings (SSSR count). The second kappa shape index (κ2) is 11.7. The molecule has 1 N–H and O–H groups in total. The van der Waals surface area contributed by atoms with E-state index in [4.69, 9.17) is 4.74 Å². The summed E-state index contributed by atoms with van der Waals surface area (Å²) >= 11 is 0. The van der Waals surface area contributed by atoms with E-state index in [1.807, 2.05) is 51.1 Å². The fourth-order valence-corrected chi connectivity index (χ4v) is 4.97. The molecule has 7 heteroatoms. The smallest absolute Gasteiger partial charge is 0.264 e. The van der Waals surface area contributed by atoms with Crippen molar-refractivity contribution in [2.45, 2.75) is 44.6 Å². The van der Waals surface area contributed by atoms with Crippen LogP contribution in [0.3, 0.4) is 0 Å². The zero-order chi connectivity index (χ0) is 24.6. The molecule has 0 aliphatic rings. The van der Waals surface area contributed by atoms with Crippen LogP contribution in [0.15, 0.2) is 83.8 Å². The Labute approximate surface area is 202 Å². The van der Waals surface area contributed by atoms with Gasteiger partial charge in [-0.15, -0.1) is 0 Å². The molecule has 0 saturated heterocycles. The van der Waals surface area contributed by atoms with Crippen LogP contribution in [0, 0.1) is 6.92 Å². The van der Waals surface area contributed by atoms with Gasteiger partial charge in [-0.25, -0.2) is 8.42 Å². The molecule has 0 aromatic heterocycles. The van der Waals surface area contributed by atoms with E-state index < -0.39 is 10.0 Å². The van der Waals surface area contributed by atoms with E-state index in [9.17, 15) is 13.2 Å². The Balaban J connectivity index is 1.61.